The summed E-state index contributed by atoms with van der Waals surface area (Å²) in [5.41, 5.74) is 2.86. The van der Waals surface area contributed by atoms with Gasteiger partial charge in [-0.1, -0.05) is 12.1 Å². The molecule has 0 spiro atoms. The second-order valence-electron chi connectivity index (χ2n) is 4.83. The minimum atomic E-state index is -0.575. The van der Waals surface area contributed by atoms with Crippen molar-refractivity contribution in [3.63, 3.8) is 0 Å². The number of non-ortho nitro benzene ring substituents is 1. The highest BCUT2D eigenvalue weighted by Gasteiger charge is 2.10. The highest BCUT2D eigenvalue weighted by molar-refractivity contribution is 5.96. The summed E-state index contributed by atoms with van der Waals surface area (Å²) in [6, 6.07) is 10.5. The van der Waals surface area contributed by atoms with Crippen molar-refractivity contribution >= 4 is 23.7 Å². The Hall–Kier alpha value is -3.62. The molecule has 0 aromatic heterocycles. The van der Waals surface area contributed by atoms with Gasteiger partial charge in [-0.2, -0.15) is 5.10 Å². The van der Waals surface area contributed by atoms with Crippen LogP contribution in [0.5, 0.6) is 0 Å². The predicted octanol–water partition coefficient (Wildman–Crippen LogP) is 1.61. The van der Waals surface area contributed by atoms with Crippen molar-refractivity contribution in [1.82, 2.24) is 10.7 Å². The van der Waals surface area contributed by atoms with Gasteiger partial charge in [0, 0.05) is 17.7 Å². The number of nitrogens with zero attached hydrogens (tertiary/aromatic N) is 2. The summed E-state index contributed by atoms with van der Waals surface area (Å²) in [6.07, 6.45) is 1.33. The molecule has 0 aliphatic rings. The molecule has 0 unspecified atom stereocenters. The van der Waals surface area contributed by atoms with E-state index in [-0.39, 0.29) is 23.6 Å². The summed E-state index contributed by atoms with van der Waals surface area (Å²) in [7, 11) is 0. The fraction of sp³-hybridized carbons (Fsp3) is 0.0625. The average Bonchev–Trinajstić information content (AvgIpc) is 2.61. The third kappa shape index (κ3) is 5.50. The lowest BCUT2D eigenvalue weighted by Gasteiger charge is -2.04. The lowest BCUT2D eigenvalue weighted by Crippen LogP contribution is -2.34. The molecule has 0 aliphatic carbocycles. The van der Waals surface area contributed by atoms with E-state index < -0.39 is 16.7 Å². The second-order valence-corrected chi connectivity index (χ2v) is 4.83. The van der Waals surface area contributed by atoms with Gasteiger partial charge in [0.05, 0.1) is 17.7 Å². The molecule has 128 valence electrons. The van der Waals surface area contributed by atoms with Gasteiger partial charge < -0.3 is 5.32 Å². The normalized spacial score (nSPS) is 10.4. The van der Waals surface area contributed by atoms with Crippen LogP contribution in [0.25, 0.3) is 0 Å². The van der Waals surface area contributed by atoms with Crippen molar-refractivity contribution in [1.29, 1.82) is 0 Å². The first-order valence-electron chi connectivity index (χ1n) is 7.06. The van der Waals surface area contributed by atoms with Gasteiger partial charge in [-0.3, -0.25) is 19.7 Å². The standard InChI is InChI=1S/C16H13FN4O4/c17-13-5-1-11(2-6-13)9-19-20-15(22)10-18-16(23)12-3-7-14(8-4-12)21(24)25/h1-9H,10H2,(H,18,23)(H,20,22). The molecule has 0 heterocycles. The van der Waals surface area contributed by atoms with Gasteiger partial charge >= 0.3 is 0 Å². The number of nitrogens with one attached hydrogen (secondary N) is 2. The Bertz CT molecular complexity index is 804. The van der Waals surface area contributed by atoms with Crippen molar-refractivity contribution in [2.45, 2.75) is 0 Å². The second kappa shape index (κ2) is 8.29. The Morgan fingerprint density at radius 3 is 2.36 bits per heavy atom. The first kappa shape index (κ1) is 17.7. The van der Waals surface area contributed by atoms with Crippen LogP contribution in [-0.4, -0.2) is 29.5 Å². The van der Waals surface area contributed by atoms with E-state index in [1.807, 2.05) is 0 Å². The van der Waals surface area contributed by atoms with Crippen LogP contribution >= 0.6 is 0 Å². The van der Waals surface area contributed by atoms with Crippen molar-refractivity contribution < 1.29 is 18.9 Å². The highest BCUT2D eigenvalue weighted by atomic mass is 19.1. The molecular weight excluding hydrogens is 331 g/mol. The number of halogens is 1. The molecule has 8 nitrogen and oxygen atoms in total. The number of carbonyl (C=O) groups excluding carboxylic acids is 2. The van der Waals surface area contributed by atoms with E-state index in [1.165, 1.54) is 54.7 Å². The fourth-order valence-electron chi connectivity index (χ4n) is 1.76. The van der Waals surface area contributed by atoms with Crippen LogP contribution in [0.15, 0.2) is 53.6 Å². The molecule has 2 N–H and O–H groups in total. The molecule has 25 heavy (non-hydrogen) atoms. The molecule has 2 aromatic carbocycles. The van der Waals surface area contributed by atoms with Crippen molar-refractivity contribution in [3.8, 4) is 0 Å². The number of hydrogen-bond donors (Lipinski definition) is 2. The minimum absolute atomic E-state index is 0.135. The Labute approximate surface area is 141 Å². The third-order valence-electron chi connectivity index (χ3n) is 3.02. The lowest BCUT2D eigenvalue weighted by molar-refractivity contribution is -0.384. The number of nitro groups is 1. The van der Waals surface area contributed by atoms with Crippen LogP contribution in [0, 0.1) is 15.9 Å². The van der Waals surface area contributed by atoms with Gasteiger partial charge in [-0.15, -0.1) is 0 Å². The average molecular weight is 344 g/mol. The van der Waals surface area contributed by atoms with Crippen LogP contribution in [0.1, 0.15) is 15.9 Å². The van der Waals surface area contributed by atoms with E-state index >= 15 is 0 Å². The fourth-order valence-corrected chi connectivity index (χ4v) is 1.76. The number of nitro benzene ring substituents is 1. The van der Waals surface area contributed by atoms with E-state index in [0.29, 0.717) is 5.56 Å². The molecule has 9 heteroatoms. The summed E-state index contributed by atoms with van der Waals surface area (Å²) in [5.74, 6) is -1.49. The smallest absolute Gasteiger partial charge is 0.269 e. The molecule has 2 amide bonds. The molecule has 2 rings (SSSR count). The largest absolute Gasteiger partial charge is 0.343 e. The molecule has 0 aliphatic heterocycles. The van der Waals surface area contributed by atoms with Crippen LogP contribution in [0.2, 0.25) is 0 Å². The maximum Gasteiger partial charge on any atom is 0.269 e. The van der Waals surface area contributed by atoms with E-state index in [1.54, 1.807) is 0 Å². The minimum Gasteiger partial charge on any atom is -0.343 e. The maximum atomic E-state index is 12.7. The molecule has 0 fully saturated rings. The third-order valence-corrected chi connectivity index (χ3v) is 3.02. The predicted molar refractivity (Wildman–Crippen MR) is 87.6 cm³/mol. The Morgan fingerprint density at radius 1 is 1.12 bits per heavy atom. The zero-order chi connectivity index (χ0) is 18.2. The molecule has 2 aromatic rings. The maximum absolute atomic E-state index is 12.7. The first-order valence-corrected chi connectivity index (χ1v) is 7.06. The topological polar surface area (TPSA) is 114 Å². The molecule has 0 saturated heterocycles. The van der Waals surface area contributed by atoms with Crippen LogP contribution in [0.4, 0.5) is 10.1 Å². The number of hydrogen-bond acceptors (Lipinski definition) is 5. The van der Waals surface area contributed by atoms with E-state index in [0.717, 1.165) is 0 Å². The van der Waals surface area contributed by atoms with Crippen molar-refractivity contribution in [2.75, 3.05) is 6.54 Å². The number of amides is 2. The number of rotatable bonds is 6. The molecule has 0 radical (unpaired) electrons. The highest BCUT2D eigenvalue weighted by Crippen LogP contribution is 2.11. The quantitative estimate of drug-likeness (QED) is 0.471. The summed E-state index contributed by atoms with van der Waals surface area (Å²) < 4.78 is 12.7. The van der Waals surface area contributed by atoms with Gasteiger partial charge in [0.15, 0.2) is 0 Å². The number of benzene rings is 2. The number of carbonyl (C=O) groups is 2. The van der Waals surface area contributed by atoms with Gasteiger partial charge in [0.1, 0.15) is 5.82 Å². The SMILES string of the molecule is O=C(CNC(=O)c1ccc([N+](=O)[O-])cc1)NN=Cc1ccc(F)cc1. The van der Waals surface area contributed by atoms with Crippen molar-refractivity contribution in [3.05, 3.63) is 75.6 Å². The summed E-state index contributed by atoms with van der Waals surface area (Å²) in [4.78, 5) is 33.4. The van der Waals surface area contributed by atoms with E-state index in [9.17, 15) is 24.1 Å². The molecule has 0 atom stereocenters. The van der Waals surface area contributed by atoms with Gasteiger partial charge in [-0.25, -0.2) is 9.82 Å². The Morgan fingerprint density at radius 2 is 1.76 bits per heavy atom. The summed E-state index contributed by atoms with van der Waals surface area (Å²) in [5, 5.41) is 16.6. The van der Waals surface area contributed by atoms with Crippen LogP contribution in [-0.2, 0) is 4.79 Å². The lowest BCUT2D eigenvalue weighted by atomic mass is 10.2. The summed E-state index contributed by atoms with van der Waals surface area (Å²) in [6.45, 7) is -0.323. The van der Waals surface area contributed by atoms with Gasteiger partial charge in [0.2, 0.25) is 0 Å². The summed E-state index contributed by atoms with van der Waals surface area (Å²) >= 11 is 0. The molecule has 0 saturated carbocycles. The Balaban J connectivity index is 1.79. The van der Waals surface area contributed by atoms with Gasteiger partial charge in [0.25, 0.3) is 17.5 Å². The monoisotopic (exact) mass is 344 g/mol. The molecule has 0 bridgehead atoms. The molecular formula is C16H13FN4O4. The van der Waals surface area contributed by atoms with E-state index in [4.69, 9.17) is 0 Å². The first-order chi connectivity index (χ1) is 12.0. The van der Waals surface area contributed by atoms with Gasteiger partial charge in [-0.05, 0) is 29.8 Å². The van der Waals surface area contributed by atoms with E-state index in [2.05, 4.69) is 15.8 Å². The van der Waals surface area contributed by atoms with Crippen molar-refractivity contribution in [2.24, 2.45) is 5.10 Å². The Kier molecular flexibility index (Phi) is 5.88. The zero-order valence-corrected chi connectivity index (χ0v) is 12.8. The van der Waals surface area contributed by atoms with Crippen LogP contribution in [0.3, 0.4) is 0 Å². The zero-order valence-electron chi connectivity index (χ0n) is 12.8. The number of hydrazone groups is 1. The van der Waals surface area contributed by atoms with Crippen LogP contribution < -0.4 is 10.7 Å².